The van der Waals surface area contributed by atoms with Crippen molar-refractivity contribution in [1.82, 2.24) is 5.32 Å². The second-order valence-electron chi connectivity index (χ2n) is 6.32. The standard InChI is InChI=1S/C22H18BrNO6/c1-3-8-24-21(26)17-10-14-4-5-16(11-19(14)30-22(17)27)29-20(25)12-28-15-6-7-18(23)13(2)9-15/h3-7,9-11H,1,8,12H2,2H3,(H,24,26). The van der Waals surface area contributed by atoms with Crippen molar-refractivity contribution in [2.75, 3.05) is 13.2 Å². The van der Waals surface area contributed by atoms with Gasteiger partial charge in [-0.15, -0.1) is 6.58 Å². The molecule has 0 aliphatic heterocycles. The second-order valence-corrected chi connectivity index (χ2v) is 7.17. The first-order chi connectivity index (χ1) is 14.4. The van der Waals surface area contributed by atoms with Crippen LogP contribution in [0.1, 0.15) is 15.9 Å². The number of amides is 1. The fraction of sp³-hybridized carbons (Fsp3) is 0.136. The molecule has 0 fully saturated rings. The zero-order valence-corrected chi connectivity index (χ0v) is 17.7. The minimum absolute atomic E-state index is 0.118. The third kappa shape index (κ3) is 5.15. The molecule has 0 saturated carbocycles. The highest BCUT2D eigenvalue weighted by Gasteiger charge is 2.14. The van der Waals surface area contributed by atoms with Crippen LogP contribution >= 0.6 is 15.9 Å². The van der Waals surface area contributed by atoms with Gasteiger partial charge < -0.3 is 19.2 Å². The summed E-state index contributed by atoms with van der Waals surface area (Å²) in [6, 6.07) is 11.3. The summed E-state index contributed by atoms with van der Waals surface area (Å²) < 4.78 is 16.8. The number of aryl methyl sites for hydroxylation is 1. The largest absolute Gasteiger partial charge is 0.482 e. The average Bonchev–Trinajstić information content (AvgIpc) is 2.72. The van der Waals surface area contributed by atoms with Crippen molar-refractivity contribution >= 4 is 38.8 Å². The van der Waals surface area contributed by atoms with Gasteiger partial charge in [0.2, 0.25) is 0 Å². The molecule has 30 heavy (non-hydrogen) atoms. The third-order valence-electron chi connectivity index (χ3n) is 4.08. The highest BCUT2D eigenvalue weighted by atomic mass is 79.9. The van der Waals surface area contributed by atoms with Gasteiger partial charge in [0.15, 0.2) is 6.61 Å². The van der Waals surface area contributed by atoms with Crippen LogP contribution in [0.3, 0.4) is 0 Å². The number of hydrogen-bond acceptors (Lipinski definition) is 6. The van der Waals surface area contributed by atoms with E-state index >= 15 is 0 Å². The number of carbonyl (C=O) groups excluding carboxylic acids is 2. The number of fused-ring (bicyclic) bond motifs is 1. The Morgan fingerprint density at radius 3 is 2.67 bits per heavy atom. The summed E-state index contributed by atoms with van der Waals surface area (Å²) in [5.74, 6) is -0.436. The van der Waals surface area contributed by atoms with E-state index in [2.05, 4.69) is 27.8 Å². The maximum absolute atomic E-state index is 12.1. The monoisotopic (exact) mass is 471 g/mol. The number of rotatable bonds is 7. The smallest absolute Gasteiger partial charge is 0.349 e. The number of nitrogens with one attached hydrogen (secondary N) is 1. The molecule has 0 radical (unpaired) electrons. The number of ether oxygens (including phenoxy) is 2. The summed E-state index contributed by atoms with van der Waals surface area (Å²) in [6.07, 6.45) is 1.50. The van der Waals surface area contributed by atoms with Crippen LogP contribution in [0.25, 0.3) is 11.0 Å². The summed E-state index contributed by atoms with van der Waals surface area (Å²) in [5, 5.41) is 3.04. The molecule has 1 amide bonds. The molecule has 0 atom stereocenters. The first kappa shape index (κ1) is 21.3. The minimum atomic E-state index is -0.790. The van der Waals surface area contributed by atoms with Gasteiger partial charge in [0.25, 0.3) is 5.91 Å². The zero-order chi connectivity index (χ0) is 21.7. The van der Waals surface area contributed by atoms with E-state index in [9.17, 15) is 14.4 Å². The van der Waals surface area contributed by atoms with Crippen LogP contribution in [0.4, 0.5) is 0 Å². The number of esters is 1. The first-order valence-corrected chi connectivity index (χ1v) is 9.73. The van der Waals surface area contributed by atoms with Gasteiger partial charge in [-0.3, -0.25) is 4.79 Å². The summed E-state index contributed by atoms with van der Waals surface area (Å²) in [7, 11) is 0. The molecular formula is C22H18BrNO6. The van der Waals surface area contributed by atoms with Gasteiger partial charge in [-0.05, 0) is 48.9 Å². The lowest BCUT2D eigenvalue weighted by atomic mass is 10.1. The van der Waals surface area contributed by atoms with Crippen molar-refractivity contribution in [2.45, 2.75) is 6.92 Å². The highest BCUT2D eigenvalue weighted by Crippen LogP contribution is 2.23. The lowest BCUT2D eigenvalue weighted by Gasteiger charge is -2.09. The Morgan fingerprint density at radius 1 is 1.17 bits per heavy atom. The maximum atomic E-state index is 12.1. The van der Waals surface area contributed by atoms with Gasteiger partial charge in [-0.2, -0.15) is 0 Å². The molecule has 1 N–H and O–H groups in total. The van der Waals surface area contributed by atoms with E-state index in [1.54, 1.807) is 18.2 Å². The molecule has 0 spiro atoms. The quantitative estimate of drug-likeness (QED) is 0.244. The van der Waals surface area contributed by atoms with Crippen molar-refractivity contribution in [2.24, 2.45) is 0 Å². The van der Waals surface area contributed by atoms with Crippen molar-refractivity contribution in [1.29, 1.82) is 0 Å². The van der Waals surface area contributed by atoms with Gasteiger partial charge in [0, 0.05) is 22.5 Å². The lowest BCUT2D eigenvalue weighted by molar-refractivity contribution is -0.136. The molecule has 0 aliphatic carbocycles. The Balaban J connectivity index is 1.69. The molecule has 0 unspecified atom stereocenters. The second kappa shape index (κ2) is 9.41. The van der Waals surface area contributed by atoms with E-state index in [1.807, 2.05) is 13.0 Å². The van der Waals surface area contributed by atoms with Crippen LogP contribution in [0.2, 0.25) is 0 Å². The maximum Gasteiger partial charge on any atom is 0.349 e. The van der Waals surface area contributed by atoms with E-state index in [1.165, 1.54) is 24.3 Å². The van der Waals surface area contributed by atoms with E-state index in [0.29, 0.717) is 11.1 Å². The Labute approximate surface area is 180 Å². The normalized spacial score (nSPS) is 10.5. The van der Waals surface area contributed by atoms with Gasteiger partial charge in [-0.25, -0.2) is 9.59 Å². The molecule has 1 heterocycles. The SMILES string of the molecule is C=CCNC(=O)c1cc2ccc(OC(=O)COc3ccc(Br)c(C)c3)cc2oc1=O. The van der Waals surface area contributed by atoms with Crippen LogP contribution < -0.4 is 20.4 Å². The predicted molar refractivity (Wildman–Crippen MR) is 115 cm³/mol. The molecule has 154 valence electrons. The first-order valence-electron chi connectivity index (χ1n) is 8.94. The van der Waals surface area contributed by atoms with Crippen LogP contribution in [0.15, 0.2) is 68.8 Å². The van der Waals surface area contributed by atoms with Crippen LogP contribution in [0.5, 0.6) is 11.5 Å². The molecular weight excluding hydrogens is 454 g/mol. The number of benzene rings is 2. The van der Waals surface area contributed by atoms with E-state index in [4.69, 9.17) is 13.9 Å². The average molecular weight is 472 g/mol. The van der Waals surface area contributed by atoms with Gasteiger partial charge in [0.1, 0.15) is 22.6 Å². The Kier molecular flexibility index (Phi) is 6.68. The molecule has 0 bridgehead atoms. The predicted octanol–water partition coefficient (Wildman–Crippen LogP) is 3.76. The van der Waals surface area contributed by atoms with Crippen LogP contribution in [-0.2, 0) is 4.79 Å². The Bertz CT molecular complexity index is 1180. The summed E-state index contributed by atoms with van der Waals surface area (Å²) >= 11 is 3.40. The van der Waals surface area contributed by atoms with E-state index in [-0.39, 0.29) is 30.0 Å². The molecule has 0 saturated heterocycles. The molecule has 3 aromatic rings. The van der Waals surface area contributed by atoms with E-state index in [0.717, 1.165) is 10.0 Å². The molecule has 3 rings (SSSR count). The van der Waals surface area contributed by atoms with Gasteiger partial charge >= 0.3 is 11.6 Å². The van der Waals surface area contributed by atoms with Crippen molar-refractivity contribution in [3.05, 3.63) is 81.1 Å². The molecule has 2 aromatic carbocycles. The number of hydrogen-bond donors (Lipinski definition) is 1. The number of halogens is 1. The molecule has 1 aromatic heterocycles. The van der Waals surface area contributed by atoms with Gasteiger partial charge in [0.05, 0.1) is 0 Å². The molecule has 7 nitrogen and oxygen atoms in total. The fourth-order valence-corrected chi connectivity index (χ4v) is 2.83. The fourth-order valence-electron chi connectivity index (χ4n) is 2.58. The number of carbonyl (C=O) groups is 2. The van der Waals surface area contributed by atoms with Crippen molar-refractivity contribution in [3.8, 4) is 11.5 Å². The Hall–Kier alpha value is -3.39. The Morgan fingerprint density at radius 2 is 1.93 bits per heavy atom. The van der Waals surface area contributed by atoms with Crippen molar-refractivity contribution in [3.63, 3.8) is 0 Å². The van der Waals surface area contributed by atoms with Crippen LogP contribution in [0, 0.1) is 6.92 Å². The van der Waals surface area contributed by atoms with Gasteiger partial charge in [-0.1, -0.05) is 22.0 Å². The third-order valence-corrected chi connectivity index (χ3v) is 4.97. The van der Waals surface area contributed by atoms with Crippen molar-refractivity contribution < 1.29 is 23.5 Å². The van der Waals surface area contributed by atoms with Crippen LogP contribution in [-0.4, -0.2) is 25.0 Å². The topological polar surface area (TPSA) is 94.8 Å². The lowest BCUT2D eigenvalue weighted by Crippen LogP contribution is -2.28. The molecule has 0 aliphatic rings. The summed E-state index contributed by atoms with van der Waals surface area (Å²) in [4.78, 5) is 36.2. The highest BCUT2D eigenvalue weighted by molar-refractivity contribution is 9.10. The zero-order valence-electron chi connectivity index (χ0n) is 16.1. The molecule has 8 heteroatoms. The minimum Gasteiger partial charge on any atom is -0.482 e. The summed E-state index contributed by atoms with van der Waals surface area (Å²) in [5.41, 5.74) is 0.256. The summed E-state index contributed by atoms with van der Waals surface area (Å²) in [6.45, 7) is 5.35. The van der Waals surface area contributed by atoms with E-state index < -0.39 is 17.5 Å².